The molecule has 1 aliphatic carbocycles. The Kier molecular flexibility index (Phi) is 4.64. The highest BCUT2D eigenvalue weighted by atomic mass is 16.7. The lowest BCUT2D eigenvalue weighted by Gasteiger charge is -2.41. The van der Waals surface area contributed by atoms with Gasteiger partial charge in [0.05, 0.1) is 11.2 Å². The van der Waals surface area contributed by atoms with Crippen LogP contribution in [0.2, 0.25) is 0 Å². The van der Waals surface area contributed by atoms with E-state index in [1.165, 1.54) is 0 Å². The zero-order valence-corrected chi connectivity index (χ0v) is 15.5. The molecule has 0 spiro atoms. The van der Waals surface area contributed by atoms with Gasteiger partial charge in [0.2, 0.25) is 0 Å². The Hall–Kier alpha value is -1.01. The van der Waals surface area contributed by atoms with E-state index in [2.05, 4.69) is 6.08 Å². The monoisotopic (exact) mass is 323 g/mol. The van der Waals surface area contributed by atoms with E-state index in [4.69, 9.17) is 9.31 Å². The van der Waals surface area contributed by atoms with Crippen molar-refractivity contribution in [3.8, 4) is 0 Å². The minimum absolute atomic E-state index is 0.0356. The Bertz CT molecular complexity index is 491. The SMILES string of the molecule is CC(C)(C)N(C(=O)O)[C@H]1CCC=C(B2OC(C)(C)C(C)(C)O2)C1. The Morgan fingerprint density at radius 1 is 1.26 bits per heavy atom. The Morgan fingerprint density at radius 2 is 1.78 bits per heavy atom. The summed E-state index contributed by atoms with van der Waals surface area (Å²) in [6, 6.07) is -0.0356. The van der Waals surface area contributed by atoms with Crippen molar-refractivity contribution in [3.63, 3.8) is 0 Å². The predicted molar refractivity (Wildman–Crippen MR) is 91.4 cm³/mol. The van der Waals surface area contributed by atoms with Gasteiger partial charge in [0.1, 0.15) is 0 Å². The molecular formula is C17H30BNO4. The summed E-state index contributed by atoms with van der Waals surface area (Å²) in [4.78, 5) is 13.3. The van der Waals surface area contributed by atoms with Gasteiger partial charge in [0.15, 0.2) is 0 Å². The third kappa shape index (κ3) is 3.58. The van der Waals surface area contributed by atoms with Crippen molar-refractivity contribution in [2.75, 3.05) is 0 Å². The third-order valence-corrected chi connectivity index (χ3v) is 5.23. The maximum Gasteiger partial charge on any atom is 0.490 e. The average Bonchev–Trinajstić information content (AvgIpc) is 2.56. The molecule has 2 aliphatic rings. The summed E-state index contributed by atoms with van der Waals surface area (Å²) in [5.41, 5.74) is -0.103. The van der Waals surface area contributed by atoms with E-state index in [1.54, 1.807) is 4.90 Å². The standard InChI is InChI=1S/C17H30BNO4/c1-15(2,3)19(14(20)21)13-10-8-9-12(11-13)18-22-16(4,5)17(6,7)23-18/h9,13H,8,10-11H2,1-7H3,(H,20,21)/t13-/m0/s1. The maximum atomic E-state index is 11.7. The molecule has 0 aromatic heterocycles. The molecule has 1 saturated heterocycles. The summed E-state index contributed by atoms with van der Waals surface area (Å²) in [7, 11) is -0.376. The van der Waals surface area contributed by atoms with Gasteiger partial charge in [0.25, 0.3) is 0 Å². The first-order chi connectivity index (χ1) is 10.3. The van der Waals surface area contributed by atoms with Crippen molar-refractivity contribution in [1.29, 1.82) is 0 Å². The number of rotatable bonds is 2. The molecule has 5 nitrogen and oxygen atoms in total. The quantitative estimate of drug-likeness (QED) is 0.784. The first-order valence-electron chi connectivity index (χ1n) is 8.42. The van der Waals surface area contributed by atoms with Crippen LogP contribution in [-0.4, -0.2) is 46.0 Å². The van der Waals surface area contributed by atoms with Crippen molar-refractivity contribution in [2.45, 2.75) is 90.5 Å². The van der Waals surface area contributed by atoms with Crippen LogP contribution in [0.15, 0.2) is 11.5 Å². The summed E-state index contributed by atoms with van der Waals surface area (Å²) in [5.74, 6) is 0. The molecule has 1 amide bonds. The molecule has 0 saturated carbocycles. The number of hydrogen-bond donors (Lipinski definition) is 1. The molecule has 23 heavy (non-hydrogen) atoms. The second-order valence-electron chi connectivity index (χ2n) is 8.63. The maximum absolute atomic E-state index is 11.7. The van der Waals surface area contributed by atoms with Crippen LogP contribution < -0.4 is 0 Å². The van der Waals surface area contributed by atoms with E-state index in [0.717, 1.165) is 18.3 Å². The highest BCUT2D eigenvalue weighted by Gasteiger charge is 2.53. The highest BCUT2D eigenvalue weighted by molar-refractivity contribution is 6.54. The molecule has 0 aromatic carbocycles. The van der Waals surface area contributed by atoms with E-state index in [9.17, 15) is 9.90 Å². The smallest absolute Gasteiger partial charge is 0.465 e. The van der Waals surface area contributed by atoms with Gasteiger partial charge in [-0.3, -0.25) is 0 Å². The zero-order chi connectivity index (χ0) is 17.6. The van der Waals surface area contributed by atoms with Crippen molar-refractivity contribution in [2.24, 2.45) is 0 Å². The number of carboxylic acid groups (broad SMARTS) is 1. The summed E-state index contributed by atoms with van der Waals surface area (Å²) in [5, 5.41) is 9.62. The van der Waals surface area contributed by atoms with Gasteiger partial charge < -0.3 is 19.3 Å². The van der Waals surface area contributed by atoms with Gasteiger partial charge in [-0.15, -0.1) is 0 Å². The summed E-state index contributed by atoms with van der Waals surface area (Å²) in [6.45, 7) is 14.0. The van der Waals surface area contributed by atoms with E-state index in [-0.39, 0.29) is 24.4 Å². The fourth-order valence-corrected chi connectivity index (χ4v) is 3.32. The van der Waals surface area contributed by atoms with Crippen molar-refractivity contribution >= 4 is 13.2 Å². The fraction of sp³-hybridized carbons (Fsp3) is 0.824. The Balaban J connectivity index is 2.16. The minimum Gasteiger partial charge on any atom is -0.465 e. The van der Waals surface area contributed by atoms with E-state index < -0.39 is 11.6 Å². The van der Waals surface area contributed by atoms with Crippen molar-refractivity contribution in [3.05, 3.63) is 11.5 Å². The van der Waals surface area contributed by atoms with Gasteiger partial charge in [0, 0.05) is 11.6 Å². The first kappa shape index (κ1) is 18.3. The zero-order valence-electron chi connectivity index (χ0n) is 15.5. The highest BCUT2D eigenvalue weighted by Crippen LogP contribution is 2.41. The van der Waals surface area contributed by atoms with E-state index in [1.807, 2.05) is 48.5 Å². The number of allylic oxidation sites excluding steroid dienone is 1. The van der Waals surface area contributed by atoms with Gasteiger partial charge in [-0.05, 0) is 73.2 Å². The van der Waals surface area contributed by atoms with Crippen LogP contribution in [0.3, 0.4) is 0 Å². The Morgan fingerprint density at radius 3 is 2.22 bits per heavy atom. The minimum atomic E-state index is -0.863. The van der Waals surface area contributed by atoms with Crippen molar-refractivity contribution in [1.82, 2.24) is 4.90 Å². The average molecular weight is 323 g/mol. The van der Waals surface area contributed by atoms with Crippen LogP contribution in [0.5, 0.6) is 0 Å². The van der Waals surface area contributed by atoms with Gasteiger partial charge in [-0.1, -0.05) is 6.08 Å². The molecule has 0 aromatic rings. The normalized spacial score (nSPS) is 26.8. The number of carbonyl (C=O) groups is 1. The molecule has 1 fully saturated rings. The molecular weight excluding hydrogens is 293 g/mol. The molecule has 0 bridgehead atoms. The number of nitrogens with zero attached hydrogens (tertiary/aromatic N) is 1. The Labute approximate surface area is 140 Å². The molecule has 1 atom stereocenters. The topological polar surface area (TPSA) is 59.0 Å². The van der Waals surface area contributed by atoms with Crippen LogP contribution in [-0.2, 0) is 9.31 Å². The van der Waals surface area contributed by atoms with Crippen molar-refractivity contribution < 1.29 is 19.2 Å². The third-order valence-electron chi connectivity index (χ3n) is 5.23. The molecule has 0 unspecified atom stereocenters. The lowest BCUT2D eigenvalue weighted by Crippen LogP contribution is -2.52. The number of amides is 1. The van der Waals surface area contributed by atoms with Gasteiger partial charge in [-0.25, -0.2) is 4.79 Å². The molecule has 130 valence electrons. The van der Waals surface area contributed by atoms with E-state index >= 15 is 0 Å². The molecule has 1 aliphatic heterocycles. The molecule has 2 rings (SSSR count). The lowest BCUT2D eigenvalue weighted by atomic mass is 9.71. The predicted octanol–water partition coefficient (Wildman–Crippen LogP) is 3.88. The molecule has 0 radical (unpaired) electrons. The van der Waals surface area contributed by atoms with Gasteiger partial charge in [-0.2, -0.15) is 0 Å². The van der Waals surface area contributed by atoms with Crippen LogP contribution in [0.4, 0.5) is 4.79 Å². The van der Waals surface area contributed by atoms with Crippen LogP contribution in [0.1, 0.15) is 67.7 Å². The first-order valence-corrected chi connectivity index (χ1v) is 8.42. The largest absolute Gasteiger partial charge is 0.490 e. The van der Waals surface area contributed by atoms with Crippen LogP contribution in [0, 0.1) is 0 Å². The van der Waals surface area contributed by atoms with E-state index in [0.29, 0.717) is 6.42 Å². The lowest BCUT2D eigenvalue weighted by molar-refractivity contribution is 0.00578. The molecule has 1 heterocycles. The van der Waals surface area contributed by atoms with Crippen LogP contribution in [0.25, 0.3) is 0 Å². The second-order valence-corrected chi connectivity index (χ2v) is 8.63. The fourth-order valence-electron chi connectivity index (χ4n) is 3.32. The van der Waals surface area contributed by atoms with Gasteiger partial charge >= 0.3 is 13.2 Å². The summed E-state index contributed by atoms with van der Waals surface area (Å²) in [6.07, 6.45) is 3.65. The molecule has 6 heteroatoms. The second kappa shape index (κ2) is 5.81. The number of hydrogen-bond acceptors (Lipinski definition) is 3. The van der Waals surface area contributed by atoms with Crippen LogP contribution >= 0.6 is 0 Å². The summed E-state index contributed by atoms with van der Waals surface area (Å²) < 4.78 is 12.2. The summed E-state index contributed by atoms with van der Waals surface area (Å²) >= 11 is 0. The molecule has 1 N–H and O–H groups in total.